The summed E-state index contributed by atoms with van der Waals surface area (Å²) >= 11 is 3.41. The van der Waals surface area contributed by atoms with Crippen LogP contribution in [0.3, 0.4) is 0 Å². The number of nitro benzene ring substituents is 1. The molecule has 166 valence electrons. The van der Waals surface area contributed by atoms with E-state index in [4.69, 9.17) is 0 Å². The topological polar surface area (TPSA) is 103 Å². The number of hydrogen-bond acceptors (Lipinski definition) is 5. The molecule has 0 spiro atoms. The highest BCUT2D eigenvalue weighted by Crippen LogP contribution is 2.22. The van der Waals surface area contributed by atoms with Crippen molar-refractivity contribution in [2.24, 2.45) is 0 Å². The third-order valence-electron chi connectivity index (χ3n) is 5.15. The standard InChI is InChI=1S/C16H12N6O2.C8H9Br/c23-22(24)14-3-1-2-11(6-14)9-21-10-16(19-20-21)12-4-5-15-13(7-12)8-17-18-15;1-7-4-2-3-5-8(7)6-9/h1-8,10H,9H2,(H,17,18);2-5H,6H2,1H3. The number of aromatic amines is 1. The van der Waals surface area contributed by atoms with Gasteiger partial charge < -0.3 is 0 Å². The van der Waals surface area contributed by atoms with Crippen LogP contribution in [-0.2, 0) is 11.9 Å². The maximum absolute atomic E-state index is 10.8. The van der Waals surface area contributed by atoms with Gasteiger partial charge in [0.2, 0.25) is 0 Å². The molecule has 0 fully saturated rings. The Kier molecular flexibility index (Phi) is 6.89. The summed E-state index contributed by atoms with van der Waals surface area (Å²) in [5.41, 5.74) is 6.23. The first-order chi connectivity index (χ1) is 16.0. The molecule has 0 aliphatic heterocycles. The zero-order chi connectivity index (χ0) is 23.2. The molecule has 0 bridgehead atoms. The Labute approximate surface area is 198 Å². The van der Waals surface area contributed by atoms with Crippen LogP contribution in [0, 0.1) is 17.0 Å². The van der Waals surface area contributed by atoms with Crippen molar-refractivity contribution >= 4 is 32.5 Å². The summed E-state index contributed by atoms with van der Waals surface area (Å²) in [7, 11) is 0. The average molecular weight is 505 g/mol. The van der Waals surface area contributed by atoms with Gasteiger partial charge in [-0.3, -0.25) is 15.2 Å². The molecule has 0 aliphatic rings. The first-order valence-corrected chi connectivity index (χ1v) is 11.3. The highest BCUT2D eigenvalue weighted by Gasteiger charge is 2.09. The number of aromatic nitrogens is 5. The lowest BCUT2D eigenvalue weighted by atomic mass is 10.1. The normalized spacial score (nSPS) is 10.6. The number of halogens is 1. The zero-order valence-corrected chi connectivity index (χ0v) is 19.4. The Hall–Kier alpha value is -3.85. The van der Waals surface area contributed by atoms with Gasteiger partial charge in [-0.2, -0.15) is 5.10 Å². The molecule has 0 atom stereocenters. The fraction of sp³-hybridized carbons (Fsp3) is 0.125. The van der Waals surface area contributed by atoms with Crippen molar-refractivity contribution in [1.29, 1.82) is 0 Å². The van der Waals surface area contributed by atoms with Gasteiger partial charge in [0.05, 0.1) is 29.4 Å². The number of alkyl halides is 1. The van der Waals surface area contributed by atoms with Crippen LogP contribution in [0.4, 0.5) is 5.69 Å². The van der Waals surface area contributed by atoms with Crippen LogP contribution in [0.2, 0.25) is 0 Å². The maximum atomic E-state index is 10.8. The second-order valence-corrected chi connectivity index (χ2v) is 8.02. The minimum atomic E-state index is -0.406. The molecule has 3 aromatic carbocycles. The number of nitrogens with one attached hydrogen (secondary N) is 1. The van der Waals surface area contributed by atoms with E-state index < -0.39 is 4.92 Å². The van der Waals surface area contributed by atoms with Crippen molar-refractivity contribution in [1.82, 2.24) is 25.2 Å². The number of benzene rings is 3. The molecule has 0 radical (unpaired) electrons. The van der Waals surface area contributed by atoms with Gasteiger partial charge >= 0.3 is 0 Å². The van der Waals surface area contributed by atoms with Crippen LogP contribution in [0.1, 0.15) is 16.7 Å². The Morgan fingerprint density at radius 1 is 1.09 bits per heavy atom. The summed E-state index contributed by atoms with van der Waals surface area (Å²) in [6.07, 6.45) is 3.58. The van der Waals surface area contributed by atoms with Gasteiger partial charge in [-0.1, -0.05) is 63.6 Å². The van der Waals surface area contributed by atoms with Crippen molar-refractivity contribution in [2.45, 2.75) is 18.8 Å². The molecule has 0 amide bonds. The van der Waals surface area contributed by atoms with Crippen LogP contribution >= 0.6 is 15.9 Å². The third-order valence-corrected chi connectivity index (χ3v) is 5.75. The lowest BCUT2D eigenvalue weighted by Crippen LogP contribution is -2.01. The largest absolute Gasteiger partial charge is 0.278 e. The highest BCUT2D eigenvalue weighted by molar-refractivity contribution is 9.08. The van der Waals surface area contributed by atoms with E-state index in [2.05, 4.69) is 67.6 Å². The van der Waals surface area contributed by atoms with E-state index in [0.29, 0.717) is 6.54 Å². The van der Waals surface area contributed by atoms with Gasteiger partial charge in [0.15, 0.2) is 0 Å². The second-order valence-electron chi connectivity index (χ2n) is 7.46. The molecule has 8 nitrogen and oxygen atoms in total. The quantitative estimate of drug-likeness (QED) is 0.188. The molecule has 2 heterocycles. The van der Waals surface area contributed by atoms with E-state index >= 15 is 0 Å². The van der Waals surface area contributed by atoms with Crippen LogP contribution < -0.4 is 0 Å². The molecule has 0 saturated heterocycles. The summed E-state index contributed by atoms with van der Waals surface area (Å²) in [5, 5.41) is 28.0. The molecule has 0 saturated carbocycles. The number of hydrogen-bond donors (Lipinski definition) is 1. The molecule has 33 heavy (non-hydrogen) atoms. The Morgan fingerprint density at radius 3 is 2.70 bits per heavy atom. The molecule has 9 heteroatoms. The molecule has 5 aromatic rings. The number of aryl methyl sites for hydroxylation is 1. The monoisotopic (exact) mass is 504 g/mol. The van der Waals surface area contributed by atoms with Crippen molar-refractivity contribution in [3.8, 4) is 11.3 Å². The van der Waals surface area contributed by atoms with E-state index in [0.717, 1.165) is 33.1 Å². The predicted octanol–water partition coefficient (Wildman–Crippen LogP) is 5.67. The second kappa shape index (κ2) is 10.2. The summed E-state index contributed by atoms with van der Waals surface area (Å²) < 4.78 is 1.66. The van der Waals surface area contributed by atoms with Crippen LogP contribution in [0.25, 0.3) is 22.2 Å². The lowest BCUT2D eigenvalue weighted by molar-refractivity contribution is -0.384. The van der Waals surface area contributed by atoms with E-state index in [9.17, 15) is 10.1 Å². The van der Waals surface area contributed by atoms with E-state index in [1.807, 2.05) is 30.5 Å². The zero-order valence-electron chi connectivity index (χ0n) is 17.9. The number of H-pyrrole nitrogens is 1. The summed E-state index contributed by atoms with van der Waals surface area (Å²) in [6, 6.07) is 20.7. The molecular weight excluding hydrogens is 484 g/mol. The maximum Gasteiger partial charge on any atom is 0.269 e. The van der Waals surface area contributed by atoms with Crippen LogP contribution in [0.15, 0.2) is 79.1 Å². The molecule has 2 aromatic heterocycles. The van der Waals surface area contributed by atoms with Gasteiger partial charge in [-0.05, 0) is 35.7 Å². The molecule has 5 rings (SSSR count). The number of nitro groups is 1. The van der Waals surface area contributed by atoms with E-state index in [-0.39, 0.29) is 5.69 Å². The lowest BCUT2D eigenvalue weighted by Gasteiger charge is -2.00. The Morgan fingerprint density at radius 2 is 1.94 bits per heavy atom. The minimum absolute atomic E-state index is 0.0678. The summed E-state index contributed by atoms with van der Waals surface area (Å²) in [6.45, 7) is 2.54. The average Bonchev–Trinajstić information content (AvgIpc) is 3.49. The third kappa shape index (κ3) is 5.50. The van der Waals surface area contributed by atoms with Crippen LogP contribution in [0.5, 0.6) is 0 Å². The fourth-order valence-electron chi connectivity index (χ4n) is 3.33. The van der Waals surface area contributed by atoms with Crippen molar-refractivity contribution in [2.75, 3.05) is 0 Å². The van der Waals surface area contributed by atoms with Crippen LogP contribution in [-0.4, -0.2) is 30.1 Å². The number of nitrogens with zero attached hydrogens (tertiary/aromatic N) is 5. The fourth-order valence-corrected chi connectivity index (χ4v) is 3.95. The Bertz CT molecular complexity index is 1390. The van der Waals surface area contributed by atoms with Gasteiger partial charge in [0, 0.05) is 28.4 Å². The van der Waals surface area contributed by atoms with Crippen molar-refractivity contribution < 1.29 is 4.92 Å². The molecular formula is C24H21BrN6O2. The SMILES string of the molecule is Cc1ccccc1CBr.O=[N+]([O-])c1cccc(Cn2cc(-c3ccc4[nH]ncc4c3)nn2)c1. The first-order valence-electron chi connectivity index (χ1n) is 10.2. The van der Waals surface area contributed by atoms with Gasteiger partial charge in [-0.25, -0.2) is 4.68 Å². The smallest absolute Gasteiger partial charge is 0.269 e. The molecule has 1 N–H and O–H groups in total. The van der Waals surface area contributed by atoms with Gasteiger partial charge in [0.25, 0.3) is 5.69 Å². The highest BCUT2D eigenvalue weighted by atomic mass is 79.9. The van der Waals surface area contributed by atoms with Gasteiger partial charge in [-0.15, -0.1) is 5.10 Å². The predicted molar refractivity (Wildman–Crippen MR) is 131 cm³/mol. The van der Waals surface area contributed by atoms with E-state index in [1.54, 1.807) is 23.0 Å². The van der Waals surface area contributed by atoms with Crippen molar-refractivity contribution in [3.05, 3.63) is 106 Å². The number of fused-ring (bicyclic) bond motifs is 1. The molecule has 0 aliphatic carbocycles. The summed E-state index contributed by atoms with van der Waals surface area (Å²) in [5.74, 6) is 0. The Balaban J connectivity index is 0.000000243. The molecule has 0 unspecified atom stereocenters. The summed E-state index contributed by atoms with van der Waals surface area (Å²) in [4.78, 5) is 10.4. The van der Waals surface area contributed by atoms with Crippen molar-refractivity contribution in [3.63, 3.8) is 0 Å². The van der Waals surface area contributed by atoms with Gasteiger partial charge in [0.1, 0.15) is 5.69 Å². The minimum Gasteiger partial charge on any atom is -0.278 e. The first kappa shape index (κ1) is 22.3. The van der Waals surface area contributed by atoms with E-state index in [1.165, 1.54) is 17.2 Å². The number of non-ortho nitro benzene ring substituents is 1. The number of rotatable bonds is 5.